The number of fused-ring (bicyclic) bond motifs is 1. The Bertz CT molecular complexity index is 1840. The molecule has 1 amide bonds. The number of nitrogens with zero attached hydrogens (tertiary/aromatic N) is 4. The molecule has 1 aromatic heterocycles. The van der Waals surface area contributed by atoms with Crippen LogP contribution >= 0.6 is 0 Å². The highest BCUT2D eigenvalue weighted by atomic mass is 32.2. The molecular formula is C35H44N6O6S. The van der Waals surface area contributed by atoms with E-state index in [0.717, 1.165) is 25.7 Å². The number of rotatable bonds is 16. The van der Waals surface area contributed by atoms with Gasteiger partial charge in [0.05, 0.1) is 34.6 Å². The summed E-state index contributed by atoms with van der Waals surface area (Å²) in [5, 5.41) is 0.528. The summed E-state index contributed by atoms with van der Waals surface area (Å²) in [6.07, 6.45) is 3.59. The highest BCUT2D eigenvalue weighted by molar-refractivity contribution is 7.89. The number of nitrogens with one attached hydrogen (secondary N) is 1. The van der Waals surface area contributed by atoms with Gasteiger partial charge in [0.25, 0.3) is 11.5 Å². The van der Waals surface area contributed by atoms with Crippen LogP contribution in [0.15, 0.2) is 82.5 Å². The van der Waals surface area contributed by atoms with Crippen LogP contribution in [-0.4, -0.2) is 86.2 Å². The van der Waals surface area contributed by atoms with Crippen molar-refractivity contribution in [3.63, 3.8) is 0 Å². The minimum atomic E-state index is -3.62. The lowest BCUT2D eigenvalue weighted by Gasteiger charge is -2.34. The fourth-order valence-corrected chi connectivity index (χ4v) is 6.75. The molecule has 0 radical (unpaired) electrons. The van der Waals surface area contributed by atoms with Gasteiger partial charge in [-0.25, -0.2) is 18.1 Å². The second kappa shape index (κ2) is 16.7. The number of nitrogens with two attached hydrogens (primary N) is 1. The van der Waals surface area contributed by atoms with Crippen LogP contribution in [0.5, 0.6) is 11.5 Å². The van der Waals surface area contributed by atoms with Crippen LogP contribution in [0.4, 0.5) is 0 Å². The number of benzene rings is 3. The van der Waals surface area contributed by atoms with Crippen LogP contribution in [0, 0.1) is 0 Å². The van der Waals surface area contributed by atoms with Gasteiger partial charge in [-0.3, -0.25) is 19.1 Å². The molecule has 5 rings (SSSR count). The van der Waals surface area contributed by atoms with Gasteiger partial charge in [0.15, 0.2) is 6.61 Å². The monoisotopic (exact) mass is 676 g/mol. The third kappa shape index (κ3) is 8.78. The van der Waals surface area contributed by atoms with Crippen molar-refractivity contribution in [1.29, 1.82) is 0 Å². The third-order valence-electron chi connectivity index (χ3n) is 8.26. The molecule has 13 heteroatoms. The summed E-state index contributed by atoms with van der Waals surface area (Å²) >= 11 is 0. The van der Waals surface area contributed by atoms with Crippen molar-refractivity contribution in [1.82, 2.24) is 24.1 Å². The van der Waals surface area contributed by atoms with Crippen molar-refractivity contribution < 1.29 is 22.7 Å². The maximum Gasteiger partial charge on any atom is 0.266 e. The van der Waals surface area contributed by atoms with Gasteiger partial charge in [-0.05, 0) is 74.8 Å². The molecule has 0 spiro atoms. The number of carbonyl (C=O) groups excluding carboxylic acids is 1. The van der Waals surface area contributed by atoms with Gasteiger partial charge >= 0.3 is 0 Å². The van der Waals surface area contributed by atoms with Crippen LogP contribution in [-0.2, 0) is 21.4 Å². The lowest BCUT2D eigenvalue weighted by atomic mass is 10.2. The highest BCUT2D eigenvalue weighted by Crippen LogP contribution is 2.24. The zero-order chi connectivity index (χ0) is 33.9. The van der Waals surface area contributed by atoms with Gasteiger partial charge in [0.1, 0.15) is 17.3 Å². The lowest BCUT2D eigenvalue weighted by Crippen LogP contribution is -2.50. The largest absolute Gasteiger partial charge is 0.492 e. The molecule has 12 nitrogen and oxygen atoms in total. The van der Waals surface area contributed by atoms with E-state index in [1.54, 1.807) is 27.7 Å². The van der Waals surface area contributed by atoms with Crippen LogP contribution < -0.4 is 25.5 Å². The fraction of sp³-hybridized carbons (Fsp3) is 0.400. The predicted molar refractivity (Wildman–Crippen MR) is 185 cm³/mol. The number of amides is 1. The zero-order valence-electron chi connectivity index (χ0n) is 27.3. The zero-order valence-corrected chi connectivity index (χ0v) is 28.2. The van der Waals surface area contributed by atoms with Crippen LogP contribution in [0.2, 0.25) is 0 Å². The van der Waals surface area contributed by atoms with E-state index in [4.69, 9.17) is 20.2 Å². The number of carbonyl (C=O) groups is 1. The number of hydrogen-bond acceptors (Lipinski definition) is 9. The summed E-state index contributed by atoms with van der Waals surface area (Å²) in [6, 6.07) is 20.8. The van der Waals surface area contributed by atoms with Gasteiger partial charge in [0, 0.05) is 32.7 Å². The van der Waals surface area contributed by atoms with Gasteiger partial charge in [-0.15, -0.1) is 0 Å². The molecule has 0 atom stereocenters. The second-order valence-corrected chi connectivity index (χ2v) is 13.4. The van der Waals surface area contributed by atoms with Crippen molar-refractivity contribution in [2.75, 3.05) is 52.5 Å². The Balaban J connectivity index is 1.17. The molecule has 3 N–H and O–H groups in total. The van der Waals surface area contributed by atoms with E-state index in [-0.39, 0.29) is 23.0 Å². The lowest BCUT2D eigenvalue weighted by molar-refractivity contribution is -0.135. The molecule has 3 aromatic carbocycles. The summed E-state index contributed by atoms with van der Waals surface area (Å²) in [6.45, 7) is 5.80. The van der Waals surface area contributed by atoms with Crippen LogP contribution in [0.25, 0.3) is 16.6 Å². The Morgan fingerprint density at radius 3 is 2.35 bits per heavy atom. The van der Waals surface area contributed by atoms with E-state index in [2.05, 4.69) is 9.62 Å². The van der Waals surface area contributed by atoms with Crippen molar-refractivity contribution in [2.45, 2.75) is 44.0 Å². The minimum absolute atomic E-state index is 0.145. The number of hydrogen-bond donors (Lipinski definition) is 2. The molecular weight excluding hydrogens is 632 g/mol. The first-order valence-corrected chi connectivity index (χ1v) is 17.9. The predicted octanol–water partition coefficient (Wildman–Crippen LogP) is 3.31. The number of aromatic nitrogens is 2. The Morgan fingerprint density at radius 2 is 1.60 bits per heavy atom. The van der Waals surface area contributed by atoms with E-state index in [0.29, 0.717) is 86.3 Å². The van der Waals surface area contributed by atoms with Crippen molar-refractivity contribution in [3.8, 4) is 17.2 Å². The molecule has 0 bridgehead atoms. The van der Waals surface area contributed by atoms with Gasteiger partial charge < -0.3 is 20.1 Å². The van der Waals surface area contributed by atoms with Crippen molar-refractivity contribution in [2.24, 2.45) is 5.73 Å². The van der Waals surface area contributed by atoms with E-state index >= 15 is 0 Å². The number of ether oxygens (including phenoxy) is 2. The van der Waals surface area contributed by atoms with Gasteiger partial charge in [-0.2, -0.15) is 0 Å². The average molecular weight is 677 g/mol. The SMILES string of the molecule is CCOc1ccccc1-n1c(CN2CCN(C(=O)COc3ccc(S(=O)(=O)NCCCCCCN)cc3)CC2)nc2ccccc2c1=O. The minimum Gasteiger partial charge on any atom is -0.492 e. The smallest absolute Gasteiger partial charge is 0.266 e. The molecule has 0 saturated carbocycles. The van der Waals surface area contributed by atoms with E-state index < -0.39 is 10.0 Å². The number of para-hydroxylation sites is 3. The fourth-order valence-electron chi connectivity index (χ4n) is 5.67. The van der Waals surface area contributed by atoms with Crippen LogP contribution in [0.1, 0.15) is 38.4 Å². The quantitative estimate of drug-likeness (QED) is 0.171. The van der Waals surface area contributed by atoms with E-state index in [9.17, 15) is 18.0 Å². The standard InChI is InChI=1S/C35H44N6O6S/c1-2-46-32-14-8-7-13-31(32)41-33(38-30-12-6-5-11-29(30)35(41)43)25-39-21-23-40(24-22-39)34(42)26-47-27-15-17-28(18-16-27)48(44,45)37-20-10-4-3-9-19-36/h5-8,11-18,37H,2-4,9-10,19-26,36H2,1H3. The Morgan fingerprint density at radius 1 is 0.896 bits per heavy atom. The second-order valence-electron chi connectivity index (χ2n) is 11.6. The highest BCUT2D eigenvalue weighted by Gasteiger charge is 2.24. The number of piperazine rings is 1. The molecule has 1 aliphatic rings. The first-order valence-electron chi connectivity index (χ1n) is 16.5. The molecule has 0 unspecified atom stereocenters. The van der Waals surface area contributed by atoms with Crippen molar-refractivity contribution in [3.05, 3.63) is 89.0 Å². The first-order chi connectivity index (χ1) is 23.3. The molecule has 1 saturated heterocycles. The molecule has 48 heavy (non-hydrogen) atoms. The normalized spacial score (nSPS) is 13.9. The third-order valence-corrected chi connectivity index (χ3v) is 9.74. The molecule has 4 aromatic rings. The number of sulfonamides is 1. The van der Waals surface area contributed by atoms with E-state index in [1.807, 2.05) is 49.4 Å². The van der Waals surface area contributed by atoms with Gasteiger partial charge in [-0.1, -0.05) is 37.1 Å². The maximum absolute atomic E-state index is 13.8. The maximum atomic E-state index is 13.8. The molecule has 1 aliphatic heterocycles. The Hall–Kier alpha value is -4.30. The molecule has 0 aliphatic carbocycles. The van der Waals surface area contributed by atoms with Crippen molar-refractivity contribution >= 4 is 26.8 Å². The summed E-state index contributed by atoms with van der Waals surface area (Å²) in [5.41, 5.74) is 6.60. The average Bonchev–Trinajstić information content (AvgIpc) is 3.10. The van der Waals surface area contributed by atoms with Gasteiger partial charge in [0.2, 0.25) is 10.0 Å². The van der Waals surface area contributed by atoms with E-state index in [1.165, 1.54) is 12.1 Å². The number of unbranched alkanes of at least 4 members (excludes halogenated alkanes) is 3. The first kappa shape index (κ1) is 35.0. The Labute approximate surface area is 281 Å². The topological polar surface area (TPSA) is 149 Å². The summed E-state index contributed by atoms with van der Waals surface area (Å²) in [4.78, 5) is 35.7. The van der Waals surface area contributed by atoms with Crippen LogP contribution in [0.3, 0.4) is 0 Å². The Kier molecular flexibility index (Phi) is 12.2. The summed E-state index contributed by atoms with van der Waals surface area (Å²) in [7, 11) is -3.62. The molecule has 2 heterocycles. The summed E-state index contributed by atoms with van der Waals surface area (Å²) in [5.74, 6) is 1.45. The molecule has 1 fully saturated rings. The summed E-state index contributed by atoms with van der Waals surface area (Å²) < 4.78 is 41.0. The molecule has 256 valence electrons.